The Hall–Kier alpha value is -1.54. The highest BCUT2D eigenvalue weighted by Gasteiger charge is 2.27. The molecule has 1 amide bonds. The van der Waals surface area contributed by atoms with Gasteiger partial charge in [0.25, 0.3) is 0 Å². The molecule has 9 heteroatoms. The minimum absolute atomic E-state index is 0.0507. The molecular formula is C45H86N2O6P+. The minimum Gasteiger partial charge on any atom is -0.387 e. The lowest BCUT2D eigenvalue weighted by Crippen LogP contribution is -2.45. The summed E-state index contributed by atoms with van der Waals surface area (Å²) in [4.78, 5) is 23.0. The van der Waals surface area contributed by atoms with Gasteiger partial charge in [0.1, 0.15) is 13.2 Å². The first-order valence-electron chi connectivity index (χ1n) is 22.0. The van der Waals surface area contributed by atoms with E-state index in [0.717, 1.165) is 70.6 Å². The van der Waals surface area contributed by atoms with Crippen LogP contribution in [-0.4, -0.2) is 73.4 Å². The van der Waals surface area contributed by atoms with Gasteiger partial charge in [0, 0.05) is 6.42 Å². The van der Waals surface area contributed by atoms with Crippen molar-refractivity contribution in [1.82, 2.24) is 5.32 Å². The highest BCUT2D eigenvalue weighted by molar-refractivity contribution is 7.47. The van der Waals surface area contributed by atoms with Gasteiger partial charge < -0.3 is 19.8 Å². The topological polar surface area (TPSA) is 105 Å². The molecule has 0 fully saturated rings. The first kappa shape index (κ1) is 52.5. The van der Waals surface area contributed by atoms with Crippen LogP contribution in [0.1, 0.15) is 181 Å². The molecule has 0 aliphatic rings. The lowest BCUT2D eigenvalue weighted by molar-refractivity contribution is -0.870. The van der Waals surface area contributed by atoms with Crippen molar-refractivity contribution in [3.63, 3.8) is 0 Å². The van der Waals surface area contributed by atoms with E-state index in [9.17, 15) is 19.4 Å². The third-order valence-electron chi connectivity index (χ3n) is 9.50. The van der Waals surface area contributed by atoms with Crippen LogP contribution in [0.15, 0.2) is 48.6 Å². The molecule has 0 saturated carbocycles. The number of quaternary nitrogens is 1. The van der Waals surface area contributed by atoms with Crippen molar-refractivity contribution in [1.29, 1.82) is 0 Å². The number of aliphatic hydroxyl groups excluding tert-OH is 1. The van der Waals surface area contributed by atoms with E-state index in [1.165, 1.54) is 89.9 Å². The van der Waals surface area contributed by atoms with Crippen molar-refractivity contribution in [2.75, 3.05) is 40.9 Å². The zero-order chi connectivity index (χ0) is 40.0. The summed E-state index contributed by atoms with van der Waals surface area (Å²) in [6.07, 6.45) is 46.2. The van der Waals surface area contributed by atoms with Crippen LogP contribution >= 0.6 is 7.82 Å². The number of likely N-dealkylation sites (N-methyl/N-ethyl adjacent to an activating group) is 1. The molecule has 54 heavy (non-hydrogen) atoms. The molecule has 0 aromatic heterocycles. The molecule has 0 aromatic rings. The molecule has 0 bridgehead atoms. The van der Waals surface area contributed by atoms with E-state index in [4.69, 9.17) is 9.05 Å². The highest BCUT2D eigenvalue weighted by Crippen LogP contribution is 2.43. The summed E-state index contributed by atoms with van der Waals surface area (Å²) in [7, 11) is 1.53. The van der Waals surface area contributed by atoms with Crippen LogP contribution in [0.2, 0.25) is 0 Å². The van der Waals surface area contributed by atoms with E-state index in [1.54, 1.807) is 6.08 Å². The quantitative estimate of drug-likeness (QED) is 0.0248. The van der Waals surface area contributed by atoms with Crippen LogP contribution in [-0.2, 0) is 18.4 Å². The Bertz CT molecular complexity index is 1020. The number of amides is 1. The minimum atomic E-state index is -4.35. The Kier molecular flexibility index (Phi) is 36.0. The molecule has 0 radical (unpaired) electrons. The molecule has 0 rings (SSSR count). The zero-order valence-corrected chi connectivity index (χ0v) is 36.6. The van der Waals surface area contributed by atoms with Gasteiger partial charge >= 0.3 is 7.82 Å². The number of phosphoric ester groups is 1. The first-order chi connectivity index (χ1) is 26.0. The van der Waals surface area contributed by atoms with Gasteiger partial charge in [-0.3, -0.25) is 13.8 Å². The number of allylic oxidation sites excluding steroid dienone is 7. The average molecular weight is 782 g/mol. The smallest absolute Gasteiger partial charge is 0.387 e. The summed E-state index contributed by atoms with van der Waals surface area (Å²) >= 11 is 0. The standard InChI is InChI=1S/C45H85N2O6P/c1-6-8-10-12-14-16-18-19-20-21-22-23-24-25-26-27-29-30-32-34-36-38-44(48)43(42-53-54(50,51)52-41-40-47(3,4)5)46-45(49)39-37-35-33-31-28-17-15-13-11-9-7-2/h13,15,24-25,29-30,36,38,43-44,48H,6-12,14,16-23,26-28,31-35,37,39-42H2,1-5H3,(H-,46,49,50,51)/p+1/b15-13-,25-24+,30-29+,38-36+. The van der Waals surface area contributed by atoms with Gasteiger partial charge in [0.05, 0.1) is 39.9 Å². The molecule has 0 aliphatic heterocycles. The first-order valence-corrected chi connectivity index (χ1v) is 23.5. The molecule has 3 atom stereocenters. The second-order valence-electron chi connectivity index (χ2n) is 16.0. The average Bonchev–Trinajstić information content (AvgIpc) is 3.12. The van der Waals surface area contributed by atoms with Gasteiger partial charge in [-0.15, -0.1) is 0 Å². The largest absolute Gasteiger partial charge is 0.472 e. The van der Waals surface area contributed by atoms with Crippen LogP contribution in [0.25, 0.3) is 0 Å². The van der Waals surface area contributed by atoms with Crippen LogP contribution in [0.5, 0.6) is 0 Å². The molecular weight excluding hydrogens is 695 g/mol. The van der Waals surface area contributed by atoms with Crippen molar-refractivity contribution in [2.24, 2.45) is 0 Å². The third kappa shape index (κ3) is 38.7. The van der Waals surface area contributed by atoms with Gasteiger partial charge in [0.2, 0.25) is 5.91 Å². The summed E-state index contributed by atoms with van der Waals surface area (Å²) < 4.78 is 23.5. The number of carbonyl (C=O) groups excluding carboxylic acids is 1. The number of rotatable bonds is 39. The number of phosphoric acid groups is 1. The highest BCUT2D eigenvalue weighted by atomic mass is 31.2. The maximum absolute atomic E-state index is 12.8. The van der Waals surface area contributed by atoms with E-state index in [-0.39, 0.29) is 19.1 Å². The summed E-state index contributed by atoms with van der Waals surface area (Å²) in [6.45, 7) is 4.72. The zero-order valence-electron chi connectivity index (χ0n) is 35.7. The fourth-order valence-corrected chi connectivity index (χ4v) is 6.67. The SMILES string of the molecule is CCCC/C=C\CCCCCCCC(=O)NC(COP(=O)(O)OCC[N+](C)(C)C)C(O)/C=C/CC/C=C/CC/C=C/CCCCCCCCCCCCC. The number of nitrogens with zero attached hydrogens (tertiary/aromatic N) is 1. The van der Waals surface area contributed by atoms with E-state index in [2.05, 4.69) is 55.6 Å². The van der Waals surface area contributed by atoms with Crippen LogP contribution < -0.4 is 5.32 Å². The summed E-state index contributed by atoms with van der Waals surface area (Å²) in [5.74, 6) is -0.204. The number of hydrogen-bond acceptors (Lipinski definition) is 5. The molecule has 0 saturated heterocycles. The number of nitrogens with one attached hydrogen (secondary N) is 1. The normalized spacial score (nSPS) is 14.9. The fraction of sp³-hybridized carbons (Fsp3) is 0.800. The Morgan fingerprint density at radius 1 is 0.611 bits per heavy atom. The van der Waals surface area contributed by atoms with Gasteiger partial charge in [0.15, 0.2) is 0 Å². The van der Waals surface area contributed by atoms with Gasteiger partial charge in [-0.2, -0.15) is 0 Å². The fourth-order valence-electron chi connectivity index (χ4n) is 5.93. The van der Waals surface area contributed by atoms with Gasteiger partial charge in [-0.05, 0) is 64.2 Å². The number of aliphatic hydroxyl groups is 1. The second kappa shape index (κ2) is 37.1. The molecule has 0 aromatic carbocycles. The molecule has 8 nitrogen and oxygen atoms in total. The van der Waals surface area contributed by atoms with Crippen molar-refractivity contribution in [3.8, 4) is 0 Å². The van der Waals surface area contributed by atoms with Crippen molar-refractivity contribution >= 4 is 13.7 Å². The Labute approximate surface area is 333 Å². The third-order valence-corrected chi connectivity index (χ3v) is 10.5. The lowest BCUT2D eigenvalue weighted by atomic mass is 10.1. The van der Waals surface area contributed by atoms with E-state index in [0.29, 0.717) is 17.4 Å². The van der Waals surface area contributed by atoms with E-state index >= 15 is 0 Å². The molecule has 3 unspecified atom stereocenters. The van der Waals surface area contributed by atoms with Gasteiger partial charge in [-0.25, -0.2) is 4.57 Å². The van der Waals surface area contributed by atoms with Crippen molar-refractivity contribution < 1.29 is 32.9 Å². The molecule has 316 valence electrons. The summed E-state index contributed by atoms with van der Waals surface area (Å²) in [6, 6.07) is -0.872. The Morgan fingerprint density at radius 3 is 1.54 bits per heavy atom. The van der Waals surface area contributed by atoms with Crippen LogP contribution in [0.3, 0.4) is 0 Å². The number of unbranched alkanes of at least 4 members (excludes halogenated alkanes) is 20. The Balaban J connectivity index is 4.48. The number of hydrogen-bond donors (Lipinski definition) is 3. The predicted molar refractivity (Wildman–Crippen MR) is 231 cm³/mol. The second-order valence-corrected chi connectivity index (χ2v) is 17.5. The van der Waals surface area contributed by atoms with E-state index < -0.39 is 20.0 Å². The Morgan fingerprint density at radius 2 is 1.04 bits per heavy atom. The predicted octanol–water partition coefficient (Wildman–Crippen LogP) is 12.1. The molecule has 3 N–H and O–H groups in total. The maximum atomic E-state index is 12.8. The van der Waals surface area contributed by atoms with Crippen molar-refractivity contribution in [3.05, 3.63) is 48.6 Å². The summed E-state index contributed by atoms with van der Waals surface area (Å²) in [5.41, 5.74) is 0. The van der Waals surface area contributed by atoms with E-state index in [1.807, 2.05) is 27.2 Å². The molecule has 0 aliphatic carbocycles. The summed E-state index contributed by atoms with van der Waals surface area (Å²) in [5, 5.41) is 13.8. The molecule has 0 heterocycles. The lowest BCUT2D eigenvalue weighted by Gasteiger charge is -2.25. The van der Waals surface area contributed by atoms with Crippen LogP contribution in [0, 0.1) is 0 Å². The van der Waals surface area contributed by atoms with Gasteiger partial charge in [-0.1, -0.05) is 159 Å². The monoisotopic (exact) mass is 782 g/mol. The van der Waals surface area contributed by atoms with Crippen molar-refractivity contribution in [2.45, 2.75) is 193 Å². The molecule has 0 spiro atoms. The maximum Gasteiger partial charge on any atom is 0.472 e. The van der Waals surface area contributed by atoms with Crippen LogP contribution in [0.4, 0.5) is 0 Å². The number of carbonyl (C=O) groups is 1.